The molecule has 0 fully saturated rings. The molecule has 0 atom stereocenters. The molecule has 2 rings (SSSR count). The molecule has 0 saturated heterocycles. The van der Waals surface area contributed by atoms with Crippen molar-refractivity contribution in [3.05, 3.63) is 56.8 Å². The first-order valence-corrected chi connectivity index (χ1v) is 7.10. The number of carbonyl (C=O) groups is 1. The van der Waals surface area contributed by atoms with E-state index in [1.54, 1.807) is 23.5 Å². The molecular formula is C14H14N2O3S. The third-order valence-corrected chi connectivity index (χ3v) is 3.68. The van der Waals surface area contributed by atoms with Crippen molar-refractivity contribution in [3.63, 3.8) is 0 Å². The molecule has 0 aliphatic heterocycles. The van der Waals surface area contributed by atoms with E-state index < -0.39 is 4.92 Å². The lowest BCUT2D eigenvalue weighted by Gasteiger charge is -2.04. The monoisotopic (exact) mass is 290 g/mol. The Hall–Kier alpha value is -2.21. The number of hydrogen-bond acceptors (Lipinski definition) is 4. The second kappa shape index (κ2) is 6.81. The van der Waals surface area contributed by atoms with Gasteiger partial charge in [0, 0.05) is 29.1 Å². The van der Waals surface area contributed by atoms with Gasteiger partial charge in [0.25, 0.3) is 5.69 Å². The van der Waals surface area contributed by atoms with Crippen molar-refractivity contribution in [2.75, 3.05) is 5.32 Å². The molecule has 1 N–H and O–H groups in total. The minimum atomic E-state index is -0.480. The molecule has 0 saturated carbocycles. The lowest BCUT2D eigenvalue weighted by molar-refractivity contribution is -0.384. The summed E-state index contributed by atoms with van der Waals surface area (Å²) >= 11 is 1.68. The molecule has 1 amide bonds. The number of anilines is 1. The topological polar surface area (TPSA) is 72.2 Å². The van der Waals surface area contributed by atoms with Crippen LogP contribution in [-0.4, -0.2) is 10.8 Å². The van der Waals surface area contributed by atoms with E-state index >= 15 is 0 Å². The third kappa shape index (κ3) is 4.17. The highest BCUT2D eigenvalue weighted by Crippen LogP contribution is 2.17. The molecule has 0 radical (unpaired) electrons. The molecule has 6 heteroatoms. The number of benzene rings is 1. The minimum absolute atomic E-state index is 0.0265. The van der Waals surface area contributed by atoms with E-state index in [0.717, 1.165) is 12.8 Å². The molecule has 0 bridgehead atoms. The number of thiophene rings is 1. The van der Waals surface area contributed by atoms with Gasteiger partial charge in [-0.15, -0.1) is 11.3 Å². The standard InChI is InChI=1S/C14H14N2O3S/c17-14(8-2-6-13-7-3-9-20-13)15-11-4-1-5-12(10-11)16(18)19/h1,3-5,7,9-10H,2,6,8H2,(H,15,17). The van der Waals surface area contributed by atoms with Crippen LogP contribution in [0.5, 0.6) is 0 Å². The quantitative estimate of drug-likeness (QED) is 0.652. The van der Waals surface area contributed by atoms with Gasteiger partial charge in [-0.1, -0.05) is 12.1 Å². The molecule has 0 aliphatic rings. The molecule has 5 nitrogen and oxygen atoms in total. The number of hydrogen-bond donors (Lipinski definition) is 1. The number of nitro benzene ring substituents is 1. The van der Waals surface area contributed by atoms with E-state index in [-0.39, 0.29) is 11.6 Å². The zero-order valence-electron chi connectivity index (χ0n) is 10.7. The van der Waals surface area contributed by atoms with E-state index in [1.807, 2.05) is 17.5 Å². The molecule has 1 aromatic heterocycles. The molecule has 1 aromatic carbocycles. The Morgan fingerprint density at radius 1 is 1.30 bits per heavy atom. The predicted octanol–water partition coefficient (Wildman–Crippen LogP) is 3.62. The highest BCUT2D eigenvalue weighted by Gasteiger charge is 2.08. The van der Waals surface area contributed by atoms with E-state index in [2.05, 4.69) is 5.32 Å². The van der Waals surface area contributed by atoms with Crippen molar-refractivity contribution in [1.29, 1.82) is 0 Å². The number of rotatable bonds is 6. The smallest absolute Gasteiger partial charge is 0.271 e. The summed E-state index contributed by atoms with van der Waals surface area (Å²) in [6, 6.07) is 9.99. The van der Waals surface area contributed by atoms with Crippen molar-refractivity contribution in [1.82, 2.24) is 0 Å². The molecule has 2 aromatic rings. The molecule has 0 spiro atoms. The maximum Gasteiger partial charge on any atom is 0.271 e. The van der Waals surface area contributed by atoms with E-state index in [0.29, 0.717) is 12.1 Å². The predicted molar refractivity (Wildman–Crippen MR) is 79.0 cm³/mol. The number of amides is 1. The van der Waals surface area contributed by atoms with E-state index in [9.17, 15) is 14.9 Å². The van der Waals surface area contributed by atoms with Gasteiger partial charge in [0.05, 0.1) is 4.92 Å². The SMILES string of the molecule is O=C(CCCc1cccs1)Nc1cccc([N+](=O)[O-])c1. The first-order valence-electron chi connectivity index (χ1n) is 6.22. The molecule has 0 aliphatic carbocycles. The second-order valence-electron chi connectivity index (χ2n) is 4.29. The Morgan fingerprint density at radius 3 is 2.85 bits per heavy atom. The fourth-order valence-electron chi connectivity index (χ4n) is 1.80. The molecule has 0 unspecified atom stereocenters. The molecular weight excluding hydrogens is 276 g/mol. The van der Waals surface area contributed by atoms with Crippen LogP contribution in [0.3, 0.4) is 0 Å². The van der Waals surface area contributed by atoms with Crippen molar-refractivity contribution in [2.45, 2.75) is 19.3 Å². The molecule has 104 valence electrons. The lowest BCUT2D eigenvalue weighted by Crippen LogP contribution is -2.11. The van der Waals surface area contributed by atoms with Crippen molar-refractivity contribution >= 4 is 28.6 Å². The summed E-state index contributed by atoms with van der Waals surface area (Å²) in [6.07, 6.45) is 2.04. The summed E-state index contributed by atoms with van der Waals surface area (Å²) in [7, 11) is 0. The summed E-state index contributed by atoms with van der Waals surface area (Å²) < 4.78 is 0. The van der Waals surface area contributed by atoms with Crippen LogP contribution in [0.2, 0.25) is 0 Å². The Morgan fingerprint density at radius 2 is 2.15 bits per heavy atom. The summed E-state index contributed by atoms with van der Waals surface area (Å²) in [4.78, 5) is 23.2. The van der Waals surface area contributed by atoms with Gasteiger partial charge in [-0.05, 0) is 30.4 Å². The minimum Gasteiger partial charge on any atom is -0.326 e. The normalized spacial score (nSPS) is 10.2. The van der Waals surface area contributed by atoms with Crippen LogP contribution >= 0.6 is 11.3 Å². The van der Waals surface area contributed by atoms with Crippen molar-refractivity contribution in [2.24, 2.45) is 0 Å². The average molecular weight is 290 g/mol. The number of carbonyl (C=O) groups excluding carboxylic acids is 1. The van der Waals surface area contributed by atoms with Gasteiger partial charge in [-0.25, -0.2) is 0 Å². The number of nitrogens with zero attached hydrogens (tertiary/aromatic N) is 1. The lowest BCUT2D eigenvalue weighted by atomic mass is 10.2. The number of nitrogens with one attached hydrogen (secondary N) is 1. The highest BCUT2D eigenvalue weighted by molar-refractivity contribution is 7.09. The average Bonchev–Trinajstić information content (AvgIpc) is 2.92. The second-order valence-corrected chi connectivity index (χ2v) is 5.32. The van der Waals surface area contributed by atoms with Gasteiger partial charge in [0.1, 0.15) is 0 Å². The highest BCUT2D eigenvalue weighted by atomic mass is 32.1. The van der Waals surface area contributed by atoms with Gasteiger partial charge < -0.3 is 5.32 Å². The van der Waals surface area contributed by atoms with Crippen LogP contribution in [0.4, 0.5) is 11.4 Å². The number of aryl methyl sites for hydroxylation is 1. The summed E-state index contributed by atoms with van der Waals surface area (Å²) in [5.41, 5.74) is 0.432. The van der Waals surface area contributed by atoms with Crippen LogP contribution < -0.4 is 5.32 Å². The van der Waals surface area contributed by atoms with E-state index in [1.165, 1.54) is 17.0 Å². The van der Waals surface area contributed by atoms with E-state index in [4.69, 9.17) is 0 Å². The van der Waals surface area contributed by atoms with Gasteiger partial charge in [-0.3, -0.25) is 14.9 Å². The van der Waals surface area contributed by atoms with Crippen molar-refractivity contribution < 1.29 is 9.72 Å². The third-order valence-electron chi connectivity index (χ3n) is 2.75. The van der Waals surface area contributed by atoms with Gasteiger partial charge >= 0.3 is 0 Å². The summed E-state index contributed by atoms with van der Waals surface area (Å²) in [5, 5.41) is 15.3. The Kier molecular flexibility index (Phi) is 4.84. The Bertz CT molecular complexity index is 596. The van der Waals surface area contributed by atoms with Crippen molar-refractivity contribution in [3.8, 4) is 0 Å². The van der Waals surface area contributed by atoms with Crippen LogP contribution in [0.15, 0.2) is 41.8 Å². The summed E-state index contributed by atoms with van der Waals surface area (Å²) in [6.45, 7) is 0. The van der Waals surface area contributed by atoms with Crippen LogP contribution in [-0.2, 0) is 11.2 Å². The maximum absolute atomic E-state index is 11.7. The van der Waals surface area contributed by atoms with Gasteiger partial charge in [0.15, 0.2) is 0 Å². The van der Waals surface area contributed by atoms with Gasteiger partial charge in [0.2, 0.25) is 5.91 Å². The fourth-order valence-corrected chi connectivity index (χ4v) is 2.55. The fraction of sp³-hybridized carbons (Fsp3) is 0.214. The van der Waals surface area contributed by atoms with Gasteiger partial charge in [-0.2, -0.15) is 0 Å². The first kappa shape index (κ1) is 14.2. The Labute approximate surface area is 120 Å². The largest absolute Gasteiger partial charge is 0.326 e. The Balaban J connectivity index is 1.82. The maximum atomic E-state index is 11.7. The number of non-ortho nitro benzene ring substituents is 1. The first-order chi connectivity index (χ1) is 9.65. The number of nitro groups is 1. The summed E-state index contributed by atoms with van der Waals surface area (Å²) in [5.74, 6) is -0.123. The zero-order valence-corrected chi connectivity index (χ0v) is 11.6. The zero-order chi connectivity index (χ0) is 14.4. The van der Waals surface area contributed by atoms with Crippen LogP contribution in [0, 0.1) is 10.1 Å². The van der Waals surface area contributed by atoms with Crippen LogP contribution in [0.25, 0.3) is 0 Å². The van der Waals surface area contributed by atoms with Crippen LogP contribution in [0.1, 0.15) is 17.7 Å². The molecule has 20 heavy (non-hydrogen) atoms. The molecule has 1 heterocycles.